The van der Waals surface area contributed by atoms with Crippen molar-refractivity contribution in [3.8, 4) is 0 Å². The molecule has 5 rings (SSSR count). The Morgan fingerprint density at radius 1 is 1.04 bits per heavy atom. The molecule has 146 valence electrons. The maximum absolute atomic E-state index is 13.3. The van der Waals surface area contributed by atoms with E-state index in [1.165, 1.54) is 36.2 Å². The van der Waals surface area contributed by atoms with Crippen LogP contribution in [0.5, 0.6) is 0 Å². The van der Waals surface area contributed by atoms with Crippen LogP contribution in [0.25, 0.3) is 11.0 Å². The molecule has 0 N–H and O–H groups in total. The fourth-order valence-corrected chi connectivity index (χ4v) is 4.76. The van der Waals surface area contributed by atoms with Crippen LogP contribution in [-0.2, 0) is 19.5 Å². The molecule has 0 spiro atoms. The van der Waals surface area contributed by atoms with Crippen molar-refractivity contribution in [1.29, 1.82) is 0 Å². The molecule has 1 aliphatic carbocycles. The second-order valence-corrected chi connectivity index (χ2v) is 8.51. The van der Waals surface area contributed by atoms with Gasteiger partial charge in [0.2, 0.25) is 0 Å². The van der Waals surface area contributed by atoms with Gasteiger partial charge in [-0.25, -0.2) is 13.8 Å². The third kappa shape index (κ3) is 3.49. The number of imidazole rings is 1. The average molecular weight is 374 g/mol. The summed E-state index contributed by atoms with van der Waals surface area (Å²) in [5, 5.41) is 0. The molecule has 0 amide bonds. The summed E-state index contributed by atoms with van der Waals surface area (Å²) in [6.45, 7) is 4.94. The van der Waals surface area contributed by atoms with E-state index < -0.39 is 5.92 Å². The number of piperidine rings is 1. The largest absolute Gasteiger partial charge is 0.327 e. The summed E-state index contributed by atoms with van der Waals surface area (Å²) in [6, 6.07) is 7.29. The number of aromatic nitrogens is 2. The van der Waals surface area contributed by atoms with E-state index in [0.717, 1.165) is 44.2 Å². The molecule has 1 aromatic carbocycles. The molecule has 2 fully saturated rings. The van der Waals surface area contributed by atoms with Crippen molar-refractivity contribution in [1.82, 2.24) is 19.4 Å². The Morgan fingerprint density at radius 3 is 2.59 bits per heavy atom. The summed E-state index contributed by atoms with van der Waals surface area (Å²) < 4.78 is 29.1. The first kappa shape index (κ1) is 17.6. The summed E-state index contributed by atoms with van der Waals surface area (Å²) >= 11 is 0. The number of likely N-dealkylation sites (tertiary alicyclic amines) is 1. The first-order chi connectivity index (χ1) is 13.1. The molecule has 1 saturated carbocycles. The van der Waals surface area contributed by atoms with E-state index >= 15 is 0 Å². The highest BCUT2D eigenvalue weighted by molar-refractivity contribution is 5.77. The summed E-state index contributed by atoms with van der Waals surface area (Å²) in [6.07, 6.45) is 5.06. The van der Waals surface area contributed by atoms with Gasteiger partial charge in [-0.2, -0.15) is 0 Å². The van der Waals surface area contributed by atoms with E-state index in [1.54, 1.807) is 0 Å². The first-order valence-corrected chi connectivity index (χ1v) is 10.4. The molecule has 0 unspecified atom stereocenters. The van der Waals surface area contributed by atoms with Crippen LogP contribution in [0.1, 0.15) is 43.5 Å². The maximum atomic E-state index is 13.3. The van der Waals surface area contributed by atoms with E-state index in [1.807, 2.05) is 0 Å². The summed E-state index contributed by atoms with van der Waals surface area (Å²) in [4.78, 5) is 9.70. The van der Waals surface area contributed by atoms with Crippen LogP contribution in [-0.4, -0.2) is 57.5 Å². The van der Waals surface area contributed by atoms with Crippen molar-refractivity contribution >= 4 is 11.0 Å². The second kappa shape index (κ2) is 6.82. The predicted molar refractivity (Wildman–Crippen MR) is 102 cm³/mol. The number of rotatable bonds is 3. The highest BCUT2D eigenvalue weighted by Crippen LogP contribution is 2.30. The Balaban J connectivity index is 1.30. The van der Waals surface area contributed by atoms with Gasteiger partial charge in [0.05, 0.1) is 11.0 Å². The van der Waals surface area contributed by atoms with Crippen molar-refractivity contribution < 1.29 is 8.78 Å². The van der Waals surface area contributed by atoms with Gasteiger partial charge in [-0.15, -0.1) is 0 Å². The minimum absolute atomic E-state index is 0.0223. The topological polar surface area (TPSA) is 24.3 Å². The SMILES string of the molecule is FC1(F)CCN(Cc2ccc3c(c2)nc2n3CCN(C3CCC3)CC2)CC1. The van der Waals surface area contributed by atoms with Gasteiger partial charge in [0.15, 0.2) is 0 Å². The van der Waals surface area contributed by atoms with E-state index in [4.69, 9.17) is 4.98 Å². The number of hydrogen-bond donors (Lipinski definition) is 0. The molecular formula is C21H28F2N4. The van der Waals surface area contributed by atoms with Gasteiger partial charge in [0, 0.05) is 64.6 Å². The lowest BCUT2D eigenvalue weighted by Crippen LogP contribution is -2.41. The van der Waals surface area contributed by atoms with Crippen molar-refractivity contribution in [3.63, 3.8) is 0 Å². The summed E-state index contributed by atoms with van der Waals surface area (Å²) in [7, 11) is 0. The van der Waals surface area contributed by atoms with Crippen molar-refractivity contribution in [2.75, 3.05) is 26.2 Å². The number of nitrogens with zero attached hydrogens (tertiary/aromatic N) is 4. The van der Waals surface area contributed by atoms with Crippen LogP contribution in [0.4, 0.5) is 8.78 Å². The van der Waals surface area contributed by atoms with E-state index in [0.29, 0.717) is 13.1 Å². The predicted octanol–water partition coefficient (Wildman–Crippen LogP) is 3.68. The normalized spacial score (nSPS) is 24.5. The average Bonchev–Trinajstić information content (AvgIpc) is 2.82. The van der Waals surface area contributed by atoms with Gasteiger partial charge in [-0.1, -0.05) is 12.5 Å². The number of halogens is 2. The van der Waals surface area contributed by atoms with Gasteiger partial charge in [0.25, 0.3) is 5.92 Å². The maximum Gasteiger partial charge on any atom is 0.250 e. The highest BCUT2D eigenvalue weighted by atomic mass is 19.3. The number of fused-ring (bicyclic) bond motifs is 3. The molecule has 6 heteroatoms. The highest BCUT2D eigenvalue weighted by Gasteiger charge is 2.34. The Labute approximate surface area is 159 Å². The van der Waals surface area contributed by atoms with E-state index in [2.05, 4.69) is 32.6 Å². The first-order valence-electron chi connectivity index (χ1n) is 10.4. The van der Waals surface area contributed by atoms with Crippen LogP contribution >= 0.6 is 0 Å². The third-order valence-electron chi connectivity index (χ3n) is 6.71. The number of benzene rings is 1. The van der Waals surface area contributed by atoms with Crippen LogP contribution in [0, 0.1) is 0 Å². The number of hydrogen-bond acceptors (Lipinski definition) is 3. The standard InChI is InChI=1S/C21H28F2N4/c22-21(23)7-10-25(11-8-21)15-16-4-5-19-18(14-16)24-20-6-9-26(12-13-27(19)20)17-2-1-3-17/h4-5,14,17H,1-3,6-13,15H2. The van der Waals surface area contributed by atoms with Gasteiger partial charge >= 0.3 is 0 Å². The molecule has 0 radical (unpaired) electrons. The minimum Gasteiger partial charge on any atom is -0.327 e. The molecular weight excluding hydrogens is 346 g/mol. The lowest BCUT2D eigenvalue weighted by atomic mass is 9.91. The molecule has 27 heavy (non-hydrogen) atoms. The smallest absolute Gasteiger partial charge is 0.250 e. The Kier molecular flexibility index (Phi) is 4.43. The zero-order valence-corrected chi connectivity index (χ0v) is 15.8. The minimum atomic E-state index is -2.48. The Hall–Kier alpha value is -1.53. The molecule has 4 nitrogen and oxygen atoms in total. The molecule has 3 heterocycles. The van der Waals surface area contributed by atoms with Crippen LogP contribution in [0.2, 0.25) is 0 Å². The fourth-order valence-electron chi connectivity index (χ4n) is 4.76. The zero-order chi connectivity index (χ0) is 18.4. The van der Waals surface area contributed by atoms with Gasteiger partial charge in [-0.3, -0.25) is 9.80 Å². The third-order valence-corrected chi connectivity index (χ3v) is 6.71. The molecule has 2 aromatic rings. The van der Waals surface area contributed by atoms with Crippen molar-refractivity contribution in [3.05, 3.63) is 29.6 Å². The Bertz CT molecular complexity index is 817. The van der Waals surface area contributed by atoms with Crippen LogP contribution in [0.15, 0.2) is 18.2 Å². The fraction of sp³-hybridized carbons (Fsp3) is 0.667. The van der Waals surface area contributed by atoms with Gasteiger partial charge in [-0.05, 0) is 30.5 Å². The molecule has 1 saturated heterocycles. The van der Waals surface area contributed by atoms with Crippen molar-refractivity contribution in [2.45, 2.75) is 63.6 Å². The van der Waals surface area contributed by atoms with Crippen molar-refractivity contribution in [2.24, 2.45) is 0 Å². The summed E-state index contributed by atoms with van der Waals surface area (Å²) in [5.41, 5.74) is 3.45. The molecule has 1 aromatic heterocycles. The zero-order valence-electron chi connectivity index (χ0n) is 15.8. The monoisotopic (exact) mass is 374 g/mol. The Morgan fingerprint density at radius 2 is 1.85 bits per heavy atom. The lowest BCUT2D eigenvalue weighted by molar-refractivity contribution is -0.0566. The van der Waals surface area contributed by atoms with Gasteiger partial charge < -0.3 is 4.57 Å². The van der Waals surface area contributed by atoms with E-state index in [9.17, 15) is 8.78 Å². The molecule has 3 aliphatic rings. The molecule has 0 bridgehead atoms. The summed E-state index contributed by atoms with van der Waals surface area (Å²) in [5.74, 6) is -1.28. The van der Waals surface area contributed by atoms with Crippen LogP contribution in [0.3, 0.4) is 0 Å². The molecule has 0 atom stereocenters. The molecule has 2 aliphatic heterocycles. The lowest BCUT2D eigenvalue weighted by Gasteiger charge is -2.36. The van der Waals surface area contributed by atoms with E-state index in [-0.39, 0.29) is 12.8 Å². The number of alkyl halides is 2. The van der Waals surface area contributed by atoms with Crippen LogP contribution < -0.4 is 0 Å². The quantitative estimate of drug-likeness (QED) is 0.819. The second-order valence-electron chi connectivity index (χ2n) is 8.51. The van der Waals surface area contributed by atoms with Gasteiger partial charge in [0.1, 0.15) is 5.82 Å².